The van der Waals surface area contributed by atoms with Gasteiger partial charge >= 0.3 is 0 Å². The second kappa shape index (κ2) is 3.62. The van der Waals surface area contributed by atoms with Gasteiger partial charge in [-0.2, -0.15) is 5.26 Å². The van der Waals surface area contributed by atoms with Gasteiger partial charge in [0.2, 0.25) is 0 Å². The monoisotopic (exact) mass is 196 g/mol. The molecule has 1 aromatic carbocycles. The molecule has 15 heavy (non-hydrogen) atoms. The van der Waals surface area contributed by atoms with E-state index < -0.39 is 0 Å². The average molecular weight is 196 g/mol. The number of rotatable bonds is 1. The Balaban J connectivity index is 2.76. The quantitative estimate of drug-likeness (QED) is 0.745. The van der Waals surface area contributed by atoms with Crippen LogP contribution in [0.4, 0.5) is 0 Å². The standard InChI is InChI=1S/C13H12N2/c1-9(2)7-13-11(8-14)10-5-3-4-6-12(10)15-13/h3-7,15H,1-2H3. The summed E-state index contributed by atoms with van der Waals surface area (Å²) in [5.74, 6) is 0. The molecular formula is C13H12N2. The Morgan fingerprint density at radius 3 is 2.73 bits per heavy atom. The van der Waals surface area contributed by atoms with Crippen molar-refractivity contribution in [1.29, 1.82) is 5.26 Å². The number of fused-ring (bicyclic) bond motifs is 1. The third-order valence-electron chi connectivity index (χ3n) is 2.28. The predicted molar refractivity (Wildman–Crippen MR) is 62.3 cm³/mol. The van der Waals surface area contributed by atoms with Crippen LogP contribution in [0.2, 0.25) is 0 Å². The van der Waals surface area contributed by atoms with Gasteiger partial charge in [-0.1, -0.05) is 23.8 Å². The number of benzene rings is 1. The van der Waals surface area contributed by atoms with Crippen LogP contribution in [0.15, 0.2) is 29.8 Å². The van der Waals surface area contributed by atoms with Gasteiger partial charge in [0.25, 0.3) is 0 Å². The van der Waals surface area contributed by atoms with Gasteiger partial charge < -0.3 is 4.98 Å². The summed E-state index contributed by atoms with van der Waals surface area (Å²) in [5.41, 5.74) is 3.82. The van der Waals surface area contributed by atoms with E-state index in [0.717, 1.165) is 22.2 Å². The van der Waals surface area contributed by atoms with E-state index in [1.165, 1.54) is 5.57 Å². The molecule has 0 unspecified atom stereocenters. The molecule has 2 nitrogen and oxygen atoms in total. The van der Waals surface area contributed by atoms with Crippen LogP contribution in [-0.2, 0) is 0 Å². The Hall–Kier alpha value is -2.01. The highest BCUT2D eigenvalue weighted by Gasteiger charge is 2.07. The lowest BCUT2D eigenvalue weighted by Crippen LogP contribution is -1.77. The van der Waals surface area contributed by atoms with E-state index in [4.69, 9.17) is 5.26 Å². The van der Waals surface area contributed by atoms with Crippen LogP contribution in [0.3, 0.4) is 0 Å². The fourth-order valence-electron chi connectivity index (χ4n) is 1.68. The van der Waals surface area contributed by atoms with Crippen LogP contribution in [0.1, 0.15) is 25.1 Å². The van der Waals surface area contributed by atoms with Gasteiger partial charge in [-0.3, -0.25) is 0 Å². The van der Waals surface area contributed by atoms with Crippen molar-refractivity contribution in [3.8, 4) is 6.07 Å². The topological polar surface area (TPSA) is 39.6 Å². The van der Waals surface area contributed by atoms with Gasteiger partial charge in [-0.25, -0.2) is 0 Å². The molecule has 0 amide bonds. The molecule has 0 aliphatic rings. The Kier molecular flexibility index (Phi) is 2.31. The number of allylic oxidation sites excluding steroid dienone is 1. The van der Waals surface area contributed by atoms with Gasteiger partial charge in [-0.05, 0) is 26.0 Å². The summed E-state index contributed by atoms with van der Waals surface area (Å²) >= 11 is 0. The van der Waals surface area contributed by atoms with Crippen molar-refractivity contribution < 1.29 is 0 Å². The third-order valence-corrected chi connectivity index (χ3v) is 2.28. The van der Waals surface area contributed by atoms with E-state index in [1.54, 1.807) is 0 Å². The zero-order chi connectivity index (χ0) is 10.8. The zero-order valence-corrected chi connectivity index (χ0v) is 8.83. The van der Waals surface area contributed by atoms with Crippen LogP contribution in [0, 0.1) is 11.3 Å². The first-order valence-electron chi connectivity index (χ1n) is 4.88. The van der Waals surface area contributed by atoms with Crippen LogP contribution in [-0.4, -0.2) is 4.98 Å². The number of nitrogens with one attached hydrogen (secondary N) is 1. The Morgan fingerprint density at radius 1 is 1.33 bits per heavy atom. The fraction of sp³-hybridized carbons (Fsp3) is 0.154. The smallest absolute Gasteiger partial charge is 0.102 e. The number of hydrogen-bond acceptors (Lipinski definition) is 1. The predicted octanol–water partition coefficient (Wildman–Crippen LogP) is 3.46. The number of nitrogens with zero attached hydrogens (tertiary/aromatic N) is 1. The van der Waals surface area contributed by atoms with Crippen molar-refractivity contribution in [1.82, 2.24) is 4.98 Å². The molecule has 0 saturated heterocycles. The average Bonchev–Trinajstić information content (AvgIpc) is 2.53. The summed E-state index contributed by atoms with van der Waals surface area (Å²) in [6.45, 7) is 4.04. The molecule has 2 heteroatoms. The van der Waals surface area contributed by atoms with E-state index in [-0.39, 0.29) is 0 Å². The molecule has 1 heterocycles. The maximum Gasteiger partial charge on any atom is 0.102 e. The number of aromatic nitrogens is 1. The molecule has 1 aromatic heterocycles. The minimum atomic E-state index is 0.729. The largest absolute Gasteiger partial charge is 0.354 e. The first kappa shape index (κ1) is 9.54. The first-order chi connectivity index (χ1) is 7.22. The summed E-state index contributed by atoms with van der Waals surface area (Å²) < 4.78 is 0. The van der Waals surface area contributed by atoms with Crippen LogP contribution >= 0.6 is 0 Å². The number of H-pyrrole nitrogens is 1. The summed E-state index contributed by atoms with van der Waals surface area (Å²) in [5, 5.41) is 10.1. The SMILES string of the molecule is CC(C)=Cc1[nH]c2ccccc2c1C#N. The van der Waals surface area contributed by atoms with Crippen molar-refractivity contribution in [2.75, 3.05) is 0 Å². The molecule has 0 saturated carbocycles. The van der Waals surface area contributed by atoms with Crippen LogP contribution < -0.4 is 0 Å². The number of aromatic amines is 1. The molecule has 0 spiro atoms. The van der Waals surface area contributed by atoms with Gasteiger partial charge in [0.1, 0.15) is 6.07 Å². The van der Waals surface area contributed by atoms with Crippen molar-refractivity contribution in [3.05, 3.63) is 41.1 Å². The van der Waals surface area contributed by atoms with Gasteiger partial charge in [0, 0.05) is 10.9 Å². The summed E-state index contributed by atoms with van der Waals surface area (Å²) in [6.07, 6.45) is 2.00. The maximum absolute atomic E-state index is 9.12. The highest BCUT2D eigenvalue weighted by Crippen LogP contribution is 2.23. The van der Waals surface area contributed by atoms with E-state index in [1.807, 2.05) is 44.2 Å². The van der Waals surface area contributed by atoms with Crippen LogP contribution in [0.25, 0.3) is 17.0 Å². The number of hydrogen-bond donors (Lipinski definition) is 1. The number of nitriles is 1. The fourth-order valence-corrected chi connectivity index (χ4v) is 1.68. The Morgan fingerprint density at radius 2 is 2.07 bits per heavy atom. The highest BCUT2D eigenvalue weighted by atomic mass is 14.7. The van der Waals surface area contributed by atoms with E-state index >= 15 is 0 Å². The summed E-state index contributed by atoms with van der Waals surface area (Å²) in [6, 6.07) is 10.1. The minimum Gasteiger partial charge on any atom is -0.354 e. The molecule has 0 bridgehead atoms. The normalized spacial score (nSPS) is 9.93. The second-order valence-electron chi connectivity index (χ2n) is 3.79. The zero-order valence-electron chi connectivity index (χ0n) is 8.83. The molecule has 0 atom stereocenters. The molecule has 2 aromatic rings. The lowest BCUT2D eigenvalue weighted by Gasteiger charge is -1.90. The van der Waals surface area contributed by atoms with E-state index in [9.17, 15) is 0 Å². The van der Waals surface area contributed by atoms with E-state index in [0.29, 0.717) is 0 Å². The first-order valence-corrected chi connectivity index (χ1v) is 4.88. The number of para-hydroxylation sites is 1. The second-order valence-corrected chi connectivity index (χ2v) is 3.79. The Labute approximate surface area is 88.8 Å². The van der Waals surface area contributed by atoms with Crippen molar-refractivity contribution in [2.45, 2.75) is 13.8 Å². The lowest BCUT2D eigenvalue weighted by molar-refractivity contribution is 1.36. The minimum absolute atomic E-state index is 0.729. The van der Waals surface area contributed by atoms with Gasteiger partial charge in [0.05, 0.1) is 11.3 Å². The lowest BCUT2D eigenvalue weighted by atomic mass is 10.1. The van der Waals surface area contributed by atoms with Crippen molar-refractivity contribution in [3.63, 3.8) is 0 Å². The molecule has 0 aliphatic carbocycles. The van der Waals surface area contributed by atoms with E-state index in [2.05, 4.69) is 11.1 Å². The summed E-state index contributed by atoms with van der Waals surface area (Å²) in [4.78, 5) is 3.25. The molecule has 1 N–H and O–H groups in total. The summed E-state index contributed by atoms with van der Waals surface area (Å²) in [7, 11) is 0. The van der Waals surface area contributed by atoms with Crippen molar-refractivity contribution in [2.24, 2.45) is 0 Å². The molecular weight excluding hydrogens is 184 g/mol. The van der Waals surface area contributed by atoms with Gasteiger partial charge in [0.15, 0.2) is 0 Å². The third kappa shape index (κ3) is 1.64. The Bertz CT molecular complexity index is 564. The molecule has 0 aliphatic heterocycles. The maximum atomic E-state index is 9.12. The van der Waals surface area contributed by atoms with Crippen LogP contribution in [0.5, 0.6) is 0 Å². The molecule has 0 radical (unpaired) electrons. The molecule has 74 valence electrons. The van der Waals surface area contributed by atoms with Crippen molar-refractivity contribution >= 4 is 17.0 Å². The highest BCUT2D eigenvalue weighted by molar-refractivity contribution is 5.89. The molecule has 0 fully saturated rings. The molecule has 2 rings (SSSR count). The van der Waals surface area contributed by atoms with Gasteiger partial charge in [-0.15, -0.1) is 0 Å².